The van der Waals surface area contributed by atoms with Crippen molar-refractivity contribution in [3.8, 4) is 0 Å². The van der Waals surface area contributed by atoms with Gasteiger partial charge < -0.3 is 10.6 Å². The zero-order chi connectivity index (χ0) is 11.4. The van der Waals surface area contributed by atoms with Crippen LogP contribution < -0.4 is 10.6 Å². The topological polar surface area (TPSA) is 24.1 Å². The number of rotatable bonds is 4. The number of benzene rings is 1. The van der Waals surface area contributed by atoms with Crippen molar-refractivity contribution in [2.45, 2.75) is 30.7 Å². The molecule has 1 heterocycles. The van der Waals surface area contributed by atoms with E-state index >= 15 is 0 Å². The highest BCUT2D eigenvalue weighted by Crippen LogP contribution is 2.34. The Morgan fingerprint density at radius 2 is 2.38 bits per heavy atom. The third-order valence-corrected chi connectivity index (χ3v) is 4.21. The van der Waals surface area contributed by atoms with E-state index in [1.54, 1.807) is 0 Å². The fraction of sp³-hybridized carbons (Fsp3) is 0.538. The predicted molar refractivity (Wildman–Crippen MR) is 72.5 cm³/mol. The van der Waals surface area contributed by atoms with Crippen LogP contribution in [0.3, 0.4) is 0 Å². The second-order valence-electron chi connectivity index (χ2n) is 4.23. The Labute approximate surface area is 102 Å². The van der Waals surface area contributed by atoms with Crippen molar-refractivity contribution in [1.29, 1.82) is 0 Å². The molecule has 1 unspecified atom stereocenters. The second kappa shape index (κ2) is 5.60. The van der Waals surface area contributed by atoms with E-state index in [-0.39, 0.29) is 0 Å². The van der Waals surface area contributed by atoms with Gasteiger partial charge in [-0.25, -0.2) is 0 Å². The van der Waals surface area contributed by atoms with Gasteiger partial charge in [-0.05, 0) is 44.1 Å². The van der Waals surface area contributed by atoms with Crippen LogP contribution in [0.2, 0.25) is 0 Å². The van der Waals surface area contributed by atoms with Crippen LogP contribution in [0.1, 0.15) is 18.9 Å². The Morgan fingerprint density at radius 1 is 1.50 bits per heavy atom. The zero-order valence-electron chi connectivity index (χ0n) is 10.0. The van der Waals surface area contributed by atoms with E-state index in [4.69, 9.17) is 0 Å². The van der Waals surface area contributed by atoms with Gasteiger partial charge in [-0.1, -0.05) is 13.0 Å². The van der Waals surface area contributed by atoms with Crippen LogP contribution in [0.25, 0.3) is 0 Å². The second-order valence-corrected chi connectivity index (χ2v) is 5.29. The average Bonchev–Trinajstić information content (AvgIpc) is 2.35. The Hall–Kier alpha value is -0.670. The van der Waals surface area contributed by atoms with Crippen molar-refractivity contribution in [1.82, 2.24) is 5.32 Å². The minimum Gasteiger partial charge on any atom is -0.381 e. The summed E-state index contributed by atoms with van der Waals surface area (Å²) in [6.07, 6.45) is 2.31. The molecule has 2 rings (SSSR count). The molecule has 0 radical (unpaired) electrons. The summed E-state index contributed by atoms with van der Waals surface area (Å²) in [5.41, 5.74) is 2.75. The first-order valence-electron chi connectivity index (χ1n) is 6.00. The van der Waals surface area contributed by atoms with Crippen LogP contribution in [0.5, 0.6) is 0 Å². The van der Waals surface area contributed by atoms with Gasteiger partial charge in [0, 0.05) is 22.4 Å². The molecule has 0 saturated heterocycles. The third-order valence-electron chi connectivity index (χ3n) is 3.00. The molecule has 16 heavy (non-hydrogen) atoms. The summed E-state index contributed by atoms with van der Waals surface area (Å²) in [7, 11) is 2.01. The van der Waals surface area contributed by atoms with Gasteiger partial charge in [0.05, 0.1) is 0 Å². The number of anilines is 1. The number of hydrogen-bond donors (Lipinski definition) is 2. The summed E-state index contributed by atoms with van der Waals surface area (Å²) in [6, 6.07) is 7.39. The van der Waals surface area contributed by atoms with E-state index in [0.717, 1.165) is 13.0 Å². The first kappa shape index (κ1) is 11.8. The Bertz CT molecular complexity index is 352. The zero-order valence-corrected chi connectivity index (χ0v) is 10.9. The quantitative estimate of drug-likeness (QED) is 0.840. The molecule has 1 aromatic carbocycles. The molecule has 0 aliphatic carbocycles. The van der Waals surface area contributed by atoms with Gasteiger partial charge in [0.25, 0.3) is 0 Å². The maximum absolute atomic E-state index is 3.62. The number of nitrogens with one attached hydrogen (secondary N) is 2. The Kier molecular flexibility index (Phi) is 4.13. The number of hydrogen-bond acceptors (Lipinski definition) is 3. The fourth-order valence-corrected chi connectivity index (χ4v) is 3.10. The number of fused-ring (bicyclic) bond motifs is 1. The Balaban J connectivity index is 2.04. The van der Waals surface area contributed by atoms with Gasteiger partial charge >= 0.3 is 0 Å². The van der Waals surface area contributed by atoms with Gasteiger partial charge in [-0.2, -0.15) is 0 Å². The van der Waals surface area contributed by atoms with E-state index < -0.39 is 0 Å². The maximum atomic E-state index is 3.62. The van der Waals surface area contributed by atoms with Gasteiger partial charge in [0.1, 0.15) is 0 Å². The smallest absolute Gasteiger partial charge is 0.0481 e. The Morgan fingerprint density at radius 3 is 3.12 bits per heavy atom. The highest BCUT2D eigenvalue weighted by Gasteiger charge is 2.17. The van der Waals surface area contributed by atoms with E-state index in [2.05, 4.69) is 35.8 Å². The highest BCUT2D eigenvalue weighted by molar-refractivity contribution is 7.99. The molecule has 0 saturated carbocycles. The molecule has 3 heteroatoms. The molecule has 0 spiro atoms. The summed E-state index contributed by atoms with van der Waals surface area (Å²) >= 11 is 1.99. The molecule has 1 aromatic rings. The largest absolute Gasteiger partial charge is 0.381 e. The molecule has 0 amide bonds. The molecule has 2 nitrogen and oxygen atoms in total. The molecule has 1 aliphatic heterocycles. The summed E-state index contributed by atoms with van der Waals surface area (Å²) in [5.74, 6) is 1.18. The first-order chi connectivity index (χ1) is 7.83. The lowest BCUT2D eigenvalue weighted by Crippen LogP contribution is -2.29. The van der Waals surface area contributed by atoms with Crippen molar-refractivity contribution in [2.75, 3.05) is 24.7 Å². The number of aryl methyl sites for hydroxylation is 1. The predicted octanol–water partition coefficient (Wildman–Crippen LogP) is 2.74. The lowest BCUT2D eigenvalue weighted by molar-refractivity contribution is 0.658. The maximum Gasteiger partial charge on any atom is 0.0481 e. The van der Waals surface area contributed by atoms with E-state index in [1.807, 2.05) is 18.8 Å². The van der Waals surface area contributed by atoms with Crippen LogP contribution in [-0.4, -0.2) is 25.4 Å². The van der Waals surface area contributed by atoms with Gasteiger partial charge in [0.2, 0.25) is 0 Å². The minimum atomic E-state index is 0.609. The average molecular weight is 236 g/mol. The number of thioether (sulfide) groups is 1. The normalized spacial score (nSPS) is 19.0. The highest BCUT2D eigenvalue weighted by atomic mass is 32.2. The van der Waals surface area contributed by atoms with Crippen LogP contribution in [0.15, 0.2) is 23.1 Å². The molecule has 2 N–H and O–H groups in total. The van der Waals surface area contributed by atoms with Crippen LogP contribution in [-0.2, 0) is 6.42 Å². The molecule has 88 valence electrons. The third kappa shape index (κ3) is 2.71. The molecular formula is C13H20N2S. The minimum absolute atomic E-state index is 0.609. The van der Waals surface area contributed by atoms with Gasteiger partial charge in [-0.15, -0.1) is 11.8 Å². The van der Waals surface area contributed by atoms with Crippen molar-refractivity contribution >= 4 is 17.4 Å². The van der Waals surface area contributed by atoms with E-state index in [0.29, 0.717) is 6.04 Å². The molecule has 1 atom stereocenters. The van der Waals surface area contributed by atoms with Crippen molar-refractivity contribution in [2.24, 2.45) is 0 Å². The summed E-state index contributed by atoms with van der Waals surface area (Å²) in [4.78, 5) is 1.42. The van der Waals surface area contributed by atoms with Crippen molar-refractivity contribution in [3.05, 3.63) is 23.8 Å². The van der Waals surface area contributed by atoms with Crippen molar-refractivity contribution < 1.29 is 0 Å². The monoisotopic (exact) mass is 236 g/mol. The summed E-state index contributed by atoms with van der Waals surface area (Å²) in [6.45, 7) is 3.29. The van der Waals surface area contributed by atoms with Crippen molar-refractivity contribution in [3.63, 3.8) is 0 Å². The standard InChI is InChI=1S/C13H20N2S/c1-3-10-4-5-12-13(8-10)16-9-11(15-12)6-7-14-2/h4-5,8,11,14-15H,3,6-7,9H2,1-2H3. The lowest BCUT2D eigenvalue weighted by Gasteiger charge is -2.27. The molecular weight excluding hydrogens is 216 g/mol. The fourth-order valence-electron chi connectivity index (χ4n) is 1.95. The molecule has 0 aromatic heterocycles. The lowest BCUT2D eigenvalue weighted by atomic mass is 10.1. The van der Waals surface area contributed by atoms with Crippen LogP contribution in [0.4, 0.5) is 5.69 Å². The molecule has 0 bridgehead atoms. The van der Waals surface area contributed by atoms with Crippen LogP contribution >= 0.6 is 11.8 Å². The summed E-state index contributed by atoms with van der Waals surface area (Å²) in [5, 5.41) is 6.83. The molecule has 1 aliphatic rings. The van der Waals surface area contributed by atoms with E-state index in [1.165, 1.54) is 28.3 Å². The summed E-state index contributed by atoms with van der Waals surface area (Å²) < 4.78 is 0. The molecule has 0 fully saturated rings. The van der Waals surface area contributed by atoms with Crippen LogP contribution in [0, 0.1) is 0 Å². The van der Waals surface area contributed by atoms with Gasteiger partial charge in [0.15, 0.2) is 0 Å². The van der Waals surface area contributed by atoms with Gasteiger partial charge in [-0.3, -0.25) is 0 Å². The van der Waals surface area contributed by atoms with E-state index in [9.17, 15) is 0 Å². The first-order valence-corrected chi connectivity index (χ1v) is 6.99. The SMILES string of the molecule is CCc1ccc2c(c1)SCC(CCNC)N2.